The van der Waals surface area contributed by atoms with Crippen LogP contribution >= 0.6 is 0 Å². The van der Waals surface area contributed by atoms with Crippen molar-refractivity contribution in [2.45, 2.75) is 45.1 Å². The van der Waals surface area contributed by atoms with Gasteiger partial charge >= 0.3 is 5.97 Å². The largest absolute Gasteiger partial charge is 0.480 e. The lowest BCUT2D eigenvalue weighted by Gasteiger charge is -2.39. The Labute approximate surface area is 146 Å². The number of furan rings is 1. The van der Waals surface area contributed by atoms with Crippen molar-refractivity contribution < 1.29 is 23.9 Å². The minimum atomic E-state index is -0.941. The maximum atomic E-state index is 12.4. The lowest BCUT2D eigenvalue weighted by molar-refractivity contribution is -0.147. The molecule has 1 aromatic heterocycles. The van der Waals surface area contributed by atoms with Gasteiger partial charge in [-0.15, -0.1) is 0 Å². The summed E-state index contributed by atoms with van der Waals surface area (Å²) in [7, 11) is 0. The topological polar surface area (TPSA) is 91.1 Å². The number of rotatable bonds is 4. The highest BCUT2D eigenvalue weighted by Gasteiger charge is 2.49. The van der Waals surface area contributed by atoms with Gasteiger partial charge in [-0.3, -0.25) is 9.59 Å². The van der Waals surface area contributed by atoms with Crippen LogP contribution < -0.4 is 0 Å². The highest BCUT2D eigenvalue weighted by Crippen LogP contribution is 2.43. The molecule has 2 saturated heterocycles. The molecule has 0 aliphatic carbocycles. The second-order valence-electron chi connectivity index (χ2n) is 7.17. The Kier molecular flexibility index (Phi) is 4.83. The summed E-state index contributed by atoms with van der Waals surface area (Å²) in [4.78, 5) is 38.9. The second-order valence-corrected chi connectivity index (χ2v) is 7.17. The average Bonchev–Trinajstić information content (AvgIpc) is 3.21. The van der Waals surface area contributed by atoms with Crippen molar-refractivity contribution in [1.29, 1.82) is 0 Å². The maximum Gasteiger partial charge on any atom is 0.326 e. The number of hydrogen-bond donors (Lipinski definition) is 1. The molecule has 0 saturated carbocycles. The smallest absolute Gasteiger partial charge is 0.326 e. The van der Waals surface area contributed by atoms with Gasteiger partial charge in [-0.2, -0.15) is 0 Å². The quantitative estimate of drug-likeness (QED) is 0.891. The van der Waals surface area contributed by atoms with Crippen molar-refractivity contribution in [3.8, 4) is 0 Å². The summed E-state index contributed by atoms with van der Waals surface area (Å²) in [6.45, 7) is 3.14. The van der Waals surface area contributed by atoms with E-state index in [-0.39, 0.29) is 17.2 Å². The molecule has 7 nitrogen and oxygen atoms in total. The van der Waals surface area contributed by atoms with Crippen LogP contribution in [-0.2, 0) is 20.8 Å². The van der Waals surface area contributed by atoms with Crippen molar-refractivity contribution in [3.05, 3.63) is 24.2 Å². The third-order valence-corrected chi connectivity index (χ3v) is 5.54. The van der Waals surface area contributed by atoms with Crippen LogP contribution in [0.15, 0.2) is 22.8 Å². The molecule has 0 aromatic carbocycles. The normalized spacial score (nSPS) is 22.4. The highest BCUT2D eigenvalue weighted by atomic mass is 16.4. The first-order chi connectivity index (χ1) is 11.9. The fourth-order valence-electron chi connectivity index (χ4n) is 4.04. The predicted molar refractivity (Wildman–Crippen MR) is 88.7 cm³/mol. The maximum absolute atomic E-state index is 12.4. The number of piperidine rings is 1. The van der Waals surface area contributed by atoms with E-state index in [0.29, 0.717) is 38.9 Å². The summed E-state index contributed by atoms with van der Waals surface area (Å²) in [6.07, 6.45) is 4.57. The molecule has 1 spiro atoms. The van der Waals surface area contributed by atoms with Crippen LogP contribution in [0.5, 0.6) is 0 Å². The Bertz CT molecular complexity index is 622. The molecule has 2 amide bonds. The molecular formula is C18H24N2O5. The molecule has 2 aliphatic rings. The first-order valence-corrected chi connectivity index (χ1v) is 8.70. The van der Waals surface area contributed by atoms with Crippen LogP contribution in [-0.4, -0.2) is 58.4 Å². The minimum Gasteiger partial charge on any atom is -0.480 e. The van der Waals surface area contributed by atoms with E-state index >= 15 is 0 Å². The van der Waals surface area contributed by atoms with Crippen LogP contribution in [0.2, 0.25) is 0 Å². The van der Waals surface area contributed by atoms with Gasteiger partial charge < -0.3 is 19.3 Å². The third-order valence-electron chi connectivity index (χ3n) is 5.54. The first kappa shape index (κ1) is 17.5. The number of nitrogens with zero attached hydrogens (tertiary/aromatic N) is 2. The summed E-state index contributed by atoms with van der Waals surface area (Å²) in [5.74, 6) is -0.230. The molecule has 25 heavy (non-hydrogen) atoms. The van der Waals surface area contributed by atoms with Crippen LogP contribution in [0.3, 0.4) is 0 Å². The SMILES string of the molecule is CC(=O)N1CC2(CCN(C(=O)CCc3ccco3)CC2)CC1C(=O)O. The molecule has 2 aliphatic heterocycles. The van der Waals surface area contributed by atoms with E-state index in [0.717, 1.165) is 18.6 Å². The van der Waals surface area contributed by atoms with E-state index in [2.05, 4.69) is 0 Å². The number of amides is 2. The molecule has 0 bridgehead atoms. The molecule has 3 heterocycles. The summed E-state index contributed by atoms with van der Waals surface area (Å²) in [5, 5.41) is 9.38. The van der Waals surface area contributed by atoms with E-state index in [4.69, 9.17) is 4.42 Å². The van der Waals surface area contributed by atoms with Crippen LogP contribution in [0.1, 0.15) is 38.4 Å². The zero-order chi connectivity index (χ0) is 18.0. The van der Waals surface area contributed by atoms with Gasteiger partial charge in [0.2, 0.25) is 11.8 Å². The van der Waals surface area contributed by atoms with Crippen molar-refractivity contribution in [1.82, 2.24) is 9.80 Å². The molecule has 1 aromatic rings. The van der Waals surface area contributed by atoms with E-state index in [1.807, 2.05) is 17.0 Å². The van der Waals surface area contributed by atoms with E-state index < -0.39 is 12.0 Å². The number of hydrogen-bond acceptors (Lipinski definition) is 4. The molecule has 2 fully saturated rings. The number of carbonyl (C=O) groups is 3. The van der Waals surface area contributed by atoms with Crippen molar-refractivity contribution in [2.24, 2.45) is 5.41 Å². The predicted octanol–water partition coefficient (Wildman–Crippen LogP) is 1.53. The van der Waals surface area contributed by atoms with Gasteiger partial charge in [0.1, 0.15) is 11.8 Å². The molecule has 7 heteroatoms. The third kappa shape index (κ3) is 3.70. The van der Waals surface area contributed by atoms with Gasteiger partial charge in [0.05, 0.1) is 6.26 Å². The molecule has 136 valence electrons. The Morgan fingerprint density at radius 3 is 2.56 bits per heavy atom. The zero-order valence-corrected chi connectivity index (χ0v) is 14.4. The number of carbonyl (C=O) groups excluding carboxylic acids is 2. The Morgan fingerprint density at radius 1 is 1.32 bits per heavy atom. The number of aryl methyl sites for hydroxylation is 1. The van der Waals surface area contributed by atoms with Gasteiger partial charge in [0, 0.05) is 39.4 Å². The van der Waals surface area contributed by atoms with Gasteiger partial charge in [-0.25, -0.2) is 4.79 Å². The summed E-state index contributed by atoms with van der Waals surface area (Å²) in [6, 6.07) is 2.93. The number of likely N-dealkylation sites (tertiary alicyclic amines) is 2. The summed E-state index contributed by atoms with van der Waals surface area (Å²) >= 11 is 0. The first-order valence-electron chi connectivity index (χ1n) is 8.70. The van der Waals surface area contributed by atoms with Crippen LogP contribution in [0.4, 0.5) is 0 Å². The van der Waals surface area contributed by atoms with Gasteiger partial charge in [-0.1, -0.05) is 0 Å². The zero-order valence-electron chi connectivity index (χ0n) is 14.4. The lowest BCUT2D eigenvalue weighted by atomic mass is 9.76. The van der Waals surface area contributed by atoms with Gasteiger partial charge in [-0.05, 0) is 36.8 Å². The molecular weight excluding hydrogens is 324 g/mol. The number of aliphatic carboxylic acids is 1. The second kappa shape index (κ2) is 6.90. The van der Waals surface area contributed by atoms with Crippen molar-refractivity contribution in [2.75, 3.05) is 19.6 Å². The van der Waals surface area contributed by atoms with E-state index in [1.165, 1.54) is 11.8 Å². The van der Waals surface area contributed by atoms with Crippen LogP contribution in [0, 0.1) is 5.41 Å². The summed E-state index contributed by atoms with van der Waals surface area (Å²) in [5.41, 5.74) is -0.174. The Balaban J connectivity index is 1.55. The Morgan fingerprint density at radius 2 is 2.04 bits per heavy atom. The Hall–Kier alpha value is -2.31. The lowest BCUT2D eigenvalue weighted by Crippen LogP contribution is -2.44. The van der Waals surface area contributed by atoms with Crippen molar-refractivity contribution in [3.63, 3.8) is 0 Å². The average molecular weight is 348 g/mol. The monoisotopic (exact) mass is 348 g/mol. The van der Waals surface area contributed by atoms with Gasteiger partial charge in [0.15, 0.2) is 0 Å². The minimum absolute atomic E-state index is 0.0995. The molecule has 0 radical (unpaired) electrons. The number of carboxylic acids is 1. The van der Waals surface area contributed by atoms with E-state index in [9.17, 15) is 19.5 Å². The fraction of sp³-hybridized carbons (Fsp3) is 0.611. The molecule has 3 rings (SSSR count). The van der Waals surface area contributed by atoms with E-state index in [1.54, 1.807) is 6.26 Å². The number of carboxylic acid groups (broad SMARTS) is 1. The van der Waals surface area contributed by atoms with Crippen LogP contribution in [0.25, 0.3) is 0 Å². The molecule has 1 N–H and O–H groups in total. The van der Waals surface area contributed by atoms with Crippen molar-refractivity contribution >= 4 is 17.8 Å². The highest BCUT2D eigenvalue weighted by molar-refractivity contribution is 5.83. The molecule has 1 atom stereocenters. The standard InChI is InChI=1S/C18H24N2O5/c1-13(21)20-12-18(11-15(20)17(23)24)6-8-19(9-7-18)16(22)5-4-14-3-2-10-25-14/h2-3,10,15H,4-9,11-12H2,1H3,(H,23,24). The fourth-order valence-corrected chi connectivity index (χ4v) is 4.04. The van der Waals surface area contributed by atoms with Gasteiger partial charge in [0.25, 0.3) is 0 Å². The molecule has 1 unspecified atom stereocenters. The summed E-state index contributed by atoms with van der Waals surface area (Å²) < 4.78 is 5.25.